The number of hydrogen-bond acceptors (Lipinski definition) is 9. The Bertz CT molecular complexity index is 1050. The second-order valence-corrected chi connectivity index (χ2v) is 8.92. The molecule has 11 heteroatoms. The summed E-state index contributed by atoms with van der Waals surface area (Å²) in [5.41, 5.74) is 0.327. The number of esters is 3. The average molecular weight is 456 g/mol. The van der Waals surface area contributed by atoms with Gasteiger partial charge in [-0.25, -0.2) is 22.8 Å². The summed E-state index contributed by atoms with van der Waals surface area (Å²) in [6.07, 6.45) is 0.680. The van der Waals surface area contributed by atoms with Gasteiger partial charge >= 0.3 is 17.9 Å². The van der Waals surface area contributed by atoms with E-state index in [1.165, 1.54) is 31.2 Å². The molecule has 162 valence electrons. The van der Waals surface area contributed by atoms with Crippen LogP contribution in [0.4, 0.5) is 5.69 Å². The van der Waals surface area contributed by atoms with Crippen molar-refractivity contribution in [3.8, 4) is 0 Å². The van der Waals surface area contributed by atoms with Gasteiger partial charge < -0.3 is 14.2 Å². The first-order valence-electron chi connectivity index (χ1n) is 8.76. The summed E-state index contributed by atoms with van der Waals surface area (Å²) in [5, 5.41) is 0. The minimum atomic E-state index is -4.25. The van der Waals surface area contributed by atoms with Crippen LogP contribution < -0.4 is 4.72 Å². The fraction of sp³-hybridized carbons (Fsp3) is 0.316. The number of methoxy groups -OCH3 is 2. The third-order valence-corrected chi connectivity index (χ3v) is 7.10. The van der Waals surface area contributed by atoms with Crippen molar-refractivity contribution >= 4 is 45.0 Å². The Hall–Kier alpha value is -2.92. The summed E-state index contributed by atoms with van der Waals surface area (Å²) in [4.78, 5) is 36.0. The van der Waals surface area contributed by atoms with Crippen molar-refractivity contribution in [3.63, 3.8) is 0 Å². The maximum Gasteiger partial charge on any atom is 0.348 e. The summed E-state index contributed by atoms with van der Waals surface area (Å²) in [6, 6.07) is 5.60. The monoisotopic (exact) mass is 455 g/mol. The van der Waals surface area contributed by atoms with E-state index in [1.54, 1.807) is 0 Å². The van der Waals surface area contributed by atoms with E-state index in [0.717, 1.165) is 14.2 Å². The fourth-order valence-corrected chi connectivity index (χ4v) is 5.26. The number of rotatable bonds is 8. The maximum absolute atomic E-state index is 12.9. The molecule has 1 aromatic carbocycles. The highest BCUT2D eigenvalue weighted by atomic mass is 32.2. The van der Waals surface area contributed by atoms with Gasteiger partial charge in [0.2, 0.25) is 0 Å². The first-order valence-corrected chi connectivity index (χ1v) is 11.1. The van der Waals surface area contributed by atoms with Crippen LogP contribution in [0.5, 0.6) is 0 Å². The van der Waals surface area contributed by atoms with Crippen molar-refractivity contribution < 1.29 is 37.0 Å². The zero-order valence-corrected chi connectivity index (χ0v) is 18.4. The average Bonchev–Trinajstić information content (AvgIpc) is 3.09. The molecule has 0 atom stereocenters. The first kappa shape index (κ1) is 23.4. The summed E-state index contributed by atoms with van der Waals surface area (Å²) in [7, 11) is -1.99. The highest BCUT2D eigenvalue weighted by Gasteiger charge is 2.32. The third-order valence-electron chi connectivity index (χ3n) is 3.93. The molecule has 0 amide bonds. The summed E-state index contributed by atoms with van der Waals surface area (Å²) >= 11 is 0.606. The number of sulfonamides is 1. The Kier molecular flexibility index (Phi) is 7.57. The Balaban J connectivity index is 2.38. The number of anilines is 1. The zero-order valence-electron chi connectivity index (χ0n) is 16.8. The number of nitrogens with one attached hydrogen (secondary N) is 1. The third kappa shape index (κ3) is 4.97. The van der Waals surface area contributed by atoms with E-state index in [0.29, 0.717) is 17.8 Å². The van der Waals surface area contributed by atoms with Crippen molar-refractivity contribution in [2.24, 2.45) is 0 Å². The van der Waals surface area contributed by atoms with Crippen LogP contribution in [0.1, 0.15) is 49.3 Å². The normalized spacial score (nSPS) is 10.9. The largest absolute Gasteiger partial charge is 0.465 e. The molecule has 0 aliphatic carbocycles. The topological polar surface area (TPSA) is 125 Å². The van der Waals surface area contributed by atoms with Crippen LogP contribution in [-0.4, -0.2) is 47.2 Å². The summed E-state index contributed by atoms with van der Waals surface area (Å²) in [6.45, 7) is 3.58. The molecule has 0 saturated carbocycles. The molecule has 1 N–H and O–H groups in total. The van der Waals surface area contributed by atoms with Crippen LogP contribution in [0.15, 0.2) is 28.5 Å². The molecule has 0 spiro atoms. The fourth-order valence-electron chi connectivity index (χ4n) is 2.46. The molecule has 0 unspecified atom stereocenters. The van der Waals surface area contributed by atoms with Gasteiger partial charge in [0, 0.05) is 5.69 Å². The van der Waals surface area contributed by atoms with Crippen molar-refractivity contribution in [1.29, 1.82) is 0 Å². The molecule has 1 aromatic heterocycles. The van der Waals surface area contributed by atoms with E-state index in [2.05, 4.69) is 14.2 Å². The van der Waals surface area contributed by atoms with Gasteiger partial charge in [-0.05, 0) is 43.2 Å². The molecule has 0 radical (unpaired) electrons. The predicted molar refractivity (Wildman–Crippen MR) is 110 cm³/mol. The zero-order chi connectivity index (χ0) is 22.5. The van der Waals surface area contributed by atoms with Crippen LogP contribution in [0.2, 0.25) is 0 Å². The van der Waals surface area contributed by atoms with Crippen molar-refractivity contribution in [3.05, 3.63) is 45.8 Å². The van der Waals surface area contributed by atoms with Gasteiger partial charge in [0.25, 0.3) is 10.0 Å². The van der Waals surface area contributed by atoms with Crippen LogP contribution in [-0.2, 0) is 24.2 Å². The van der Waals surface area contributed by atoms with Crippen molar-refractivity contribution in [2.45, 2.75) is 24.5 Å². The molecule has 2 rings (SSSR count). The molecule has 2 aromatic rings. The van der Waals surface area contributed by atoms with E-state index in [-0.39, 0.29) is 38.1 Å². The summed E-state index contributed by atoms with van der Waals surface area (Å²) < 4.78 is 42.2. The molecule has 0 fully saturated rings. The van der Waals surface area contributed by atoms with Gasteiger partial charge in [-0.2, -0.15) is 0 Å². The molecular formula is C19H21NO8S2. The molecule has 30 heavy (non-hydrogen) atoms. The predicted octanol–water partition coefficient (Wildman–Crippen LogP) is 3.00. The van der Waals surface area contributed by atoms with E-state index in [9.17, 15) is 22.8 Å². The lowest BCUT2D eigenvalue weighted by atomic mass is 10.2. The molecule has 0 bridgehead atoms. The van der Waals surface area contributed by atoms with Crippen LogP contribution in [0, 0.1) is 6.92 Å². The molecule has 0 saturated heterocycles. The SMILES string of the molecule is CCCOC(=O)c1ccc(NS(=O)(=O)c2sc(C(=O)OC)c(C)c2C(=O)OC)cc1. The smallest absolute Gasteiger partial charge is 0.348 e. The van der Waals surface area contributed by atoms with Gasteiger partial charge in [0.05, 0.1) is 32.0 Å². The number of benzene rings is 1. The highest BCUT2D eigenvalue weighted by Crippen LogP contribution is 2.34. The van der Waals surface area contributed by atoms with E-state index >= 15 is 0 Å². The number of carbonyl (C=O) groups is 3. The Morgan fingerprint density at radius 2 is 1.60 bits per heavy atom. The van der Waals surface area contributed by atoms with Gasteiger partial charge in [-0.1, -0.05) is 6.92 Å². The number of thiophene rings is 1. The summed E-state index contributed by atoms with van der Waals surface area (Å²) in [5.74, 6) is -2.18. The Morgan fingerprint density at radius 3 is 2.13 bits per heavy atom. The first-order chi connectivity index (χ1) is 14.2. The Labute approximate surface area is 178 Å². The van der Waals surface area contributed by atoms with Crippen LogP contribution in [0.3, 0.4) is 0 Å². The van der Waals surface area contributed by atoms with Gasteiger partial charge in [-0.15, -0.1) is 11.3 Å². The Morgan fingerprint density at radius 1 is 1.00 bits per heavy atom. The number of hydrogen-bond donors (Lipinski definition) is 1. The molecule has 1 heterocycles. The lowest BCUT2D eigenvalue weighted by Crippen LogP contribution is -2.16. The standard InChI is InChI=1S/C19H21NO8S2/c1-5-10-28-16(21)12-6-8-13(9-7-12)20-30(24,25)19-14(17(22)26-3)11(2)15(29-19)18(23)27-4/h6-9,20H,5,10H2,1-4H3. The quantitative estimate of drug-likeness (QED) is 0.476. The highest BCUT2D eigenvalue weighted by molar-refractivity contribution is 7.94. The number of ether oxygens (including phenoxy) is 3. The van der Waals surface area contributed by atoms with E-state index in [1.807, 2.05) is 6.92 Å². The van der Waals surface area contributed by atoms with Gasteiger partial charge in [-0.3, -0.25) is 4.72 Å². The second-order valence-electron chi connectivity index (χ2n) is 6.02. The minimum Gasteiger partial charge on any atom is -0.465 e. The van der Waals surface area contributed by atoms with Crippen LogP contribution >= 0.6 is 11.3 Å². The lowest BCUT2D eigenvalue weighted by Gasteiger charge is -2.09. The molecule has 0 aliphatic heterocycles. The lowest BCUT2D eigenvalue weighted by molar-refractivity contribution is 0.0503. The van der Waals surface area contributed by atoms with Crippen molar-refractivity contribution in [2.75, 3.05) is 25.5 Å². The molecular weight excluding hydrogens is 434 g/mol. The molecule has 0 aliphatic rings. The van der Waals surface area contributed by atoms with Crippen molar-refractivity contribution in [1.82, 2.24) is 0 Å². The molecule has 9 nitrogen and oxygen atoms in total. The minimum absolute atomic E-state index is 0.0210. The maximum atomic E-state index is 12.9. The van der Waals surface area contributed by atoms with E-state index in [4.69, 9.17) is 4.74 Å². The van der Waals surface area contributed by atoms with Crippen LogP contribution in [0.25, 0.3) is 0 Å². The van der Waals surface area contributed by atoms with E-state index < -0.39 is 27.9 Å². The number of carbonyl (C=O) groups excluding carboxylic acids is 3. The van der Waals surface area contributed by atoms with Gasteiger partial charge in [0.15, 0.2) is 4.21 Å². The van der Waals surface area contributed by atoms with Gasteiger partial charge in [0.1, 0.15) is 4.88 Å². The second kappa shape index (κ2) is 9.72.